The molecule has 0 aliphatic carbocycles. The number of rotatable bonds is 1. The molecule has 2 nitrogen and oxygen atoms in total. The summed E-state index contributed by atoms with van der Waals surface area (Å²) < 4.78 is 0.688. The van der Waals surface area contributed by atoms with Gasteiger partial charge in [-0.15, -0.1) is 11.3 Å². The molecule has 1 fully saturated rings. The minimum Gasteiger partial charge on any atom is -0.338 e. The molecule has 4 heteroatoms. The van der Waals surface area contributed by atoms with E-state index in [1.54, 1.807) is 6.07 Å². The zero-order valence-electron chi connectivity index (χ0n) is 8.54. The van der Waals surface area contributed by atoms with Crippen molar-refractivity contribution in [1.29, 1.82) is 0 Å². The van der Waals surface area contributed by atoms with Gasteiger partial charge in [0.1, 0.15) is 0 Å². The summed E-state index contributed by atoms with van der Waals surface area (Å²) in [4.78, 5) is 14.8. The van der Waals surface area contributed by atoms with Crippen molar-refractivity contribution in [3.05, 3.63) is 21.3 Å². The highest BCUT2D eigenvalue weighted by Crippen LogP contribution is 2.23. The molecule has 1 amide bonds. The predicted molar refractivity (Wildman–Crippen MR) is 63.7 cm³/mol. The van der Waals surface area contributed by atoms with E-state index in [1.165, 1.54) is 24.2 Å². The van der Waals surface area contributed by atoms with Gasteiger partial charge in [0.25, 0.3) is 5.91 Å². The van der Waals surface area contributed by atoms with Crippen LogP contribution in [0.5, 0.6) is 0 Å². The van der Waals surface area contributed by atoms with Gasteiger partial charge in [-0.1, -0.05) is 24.4 Å². The zero-order valence-corrected chi connectivity index (χ0v) is 10.1. The summed E-state index contributed by atoms with van der Waals surface area (Å²) in [6.45, 7) is 1.79. The number of thiophene rings is 1. The Kier molecular flexibility index (Phi) is 3.65. The van der Waals surface area contributed by atoms with Crippen molar-refractivity contribution in [2.45, 2.75) is 25.7 Å². The second-order valence-electron chi connectivity index (χ2n) is 3.81. The highest BCUT2D eigenvalue weighted by Gasteiger charge is 2.18. The molecule has 82 valence electrons. The molecular weight excluding hydrogens is 230 g/mol. The Labute approximate surface area is 98.8 Å². The van der Waals surface area contributed by atoms with Crippen molar-refractivity contribution >= 4 is 28.8 Å². The van der Waals surface area contributed by atoms with E-state index in [0.29, 0.717) is 4.34 Å². The average Bonchev–Trinajstić information content (AvgIpc) is 2.53. The van der Waals surface area contributed by atoms with Crippen molar-refractivity contribution in [3.8, 4) is 0 Å². The van der Waals surface area contributed by atoms with E-state index in [2.05, 4.69) is 0 Å². The fourth-order valence-electron chi connectivity index (χ4n) is 1.86. The van der Waals surface area contributed by atoms with Crippen molar-refractivity contribution in [3.63, 3.8) is 0 Å². The van der Waals surface area contributed by atoms with Gasteiger partial charge in [-0.2, -0.15) is 0 Å². The van der Waals surface area contributed by atoms with E-state index in [4.69, 9.17) is 11.6 Å². The van der Waals surface area contributed by atoms with E-state index in [-0.39, 0.29) is 5.91 Å². The van der Waals surface area contributed by atoms with Crippen LogP contribution in [0.3, 0.4) is 0 Å². The summed E-state index contributed by atoms with van der Waals surface area (Å²) in [6, 6.07) is 3.61. The molecule has 1 aliphatic rings. The topological polar surface area (TPSA) is 20.3 Å². The lowest BCUT2D eigenvalue weighted by Crippen LogP contribution is -2.31. The Bertz CT molecular complexity index is 342. The molecule has 1 aromatic rings. The monoisotopic (exact) mass is 243 g/mol. The van der Waals surface area contributed by atoms with Gasteiger partial charge in [-0.05, 0) is 25.0 Å². The molecule has 1 aromatic heterocycles. The van der Waals surface area contributed by atoms with Crippen LogP contribution in [0.25, 0.3) is 0 Å². The zero-order chi connectivity index (χ0) is 10.7. The molecular formula is C11H14ClNOS. The molecule has 0 saturated carbocycles. The van der Waals surface area contributed by atoms with Gasteiger partial charge in [0.15, 0.2) is 0 Å². The van der Waals surface area contributed by atoms with E-state index in [0.717, 1.165) is 30.8 Å². The third-order valence-corrected chi connectivity index (χ3v) is 3.90. The maximum Gasteiger partial charge on any atom is 0.263 e. The largest absolute Gasteiger partial charge is 0.338 e. The van der Waals surface area contributed by atoms with Gasteiger partial charge in [0.05, 0.1) is 9.21 Å². The van der Waals surface area contributed by atoms with Crippen LogP contribution in [0.4, 0.5) is 0 Å². The third kappa shape index (κ3) is 2.73. The van der Waals surface area contributed by atoms with Crippen LogP contribution in [0, 0.1) is 0 Å². The molecule has 0 spiro atoms. The van der Waals surface area contributed by atoms with Gasteiger partial charge in [0, 0.05) is 13.1 Å². The van der Waals surface area contributed by atoms with E-state index < -0.39 is 0 Å². The predicted octanol–water partition coefficient (Wildman–Crippen LogP) is 3.42. The van der Waals surface area contributed by atoms with Crippen LogP contribution >= 0.6 is 22.9 Å². The van der Waals surface area contributed by atoms with E-state index in [1.807, 2.05) is 11.0 Å². The molecule has 2 heterocycles. The Morgan fingerprint density at radius 1 is 1.20 bits per heavy atom. The van der Waals surface area contributed by atoms with Crippen LogP contribution in [-0.2, 0) is 0 Å². The summed E-state index contributed by atoms with van der Waals surface area (Å²) >= 11 is 7.19. The van der Waals surface area contributed by atoms with Crippen molar-refractivity contribution in [1.82, 2.24) is 4.90 Å². The Hall–Kier alpha value is -0.540. The molecule has 0 aromatic carbocycles. The van der Waals surface area contributed by atoms with Crippen LogP contribution in [0.15, 0.2) is 12.1 Å². The normalized spacial score (nSPS) is 17.5. The molecule has 1 saturated heterocycles. The van der Waals surface area contributed by atoms with Gasteiger partial charge < -0.3 is 4.90 Å². The summed E-state index contributed by atoms with van der Waals surface area (Å²) in [6.07, 6.45) is 4.75. The second-order valence-corrected chi connectivity index (χ2v) is 5.53. The first-order valence-electron chi connectivity index (χ1n) is 5.32. The first-order valence-corrected chi connectivity index (χ1v) is 6.51. The third-order valence-electron chi connectivity index (χ3n) is 2.68. The molecule has 0 unspecified atom stereocenters. The molecule has 15 heavy (non-hydrogen) atoms. The Balaban J connectivity index is 2.06. The van der Waals surface area contributed by atoms with Gasteiger partial charge in [-0.25, -0.2) is 0 Å². The fourth-order valence-corrected chi connectivity index (χ4v) is 2.87. The molecule has 0 radical (unpaired) electrons. The number of carbonyl (C=O) groups excluding carboxylic acids is 1. The van der Waals surface area contributed by atoms with Crippen LogP contribution in [-0.4, -0.2) is 23.9 Å². The number of carbonyl (C=O) groups is 1. The number of amides is 1. The highest BCUT2D eigenvalue weighted by atomic mass is 35.5. The standard InChI is InChI=1S/C11H14ClNOS/c12-10-6-5-9(15-10)11(14)13-7-3-1-2-4-8-13/h5-6H,1-4,7-8H2. The van der Waals surface area contributed by atoms with Crippen molar-refractivity contribution < 1.29 is 4.79 Å². The quantitative estimate of drug-likeness (QED) is 0.740. The number of nitrogens with zero attached hydrogens (tertiary/aromatic N) is 1. The second kappa shape index (κ2) is 4.99. The first kappa shape index (κ1) is 11.0. The smallest absolute Gasteiger partial charge is 0.263 e. The van der Waals surface area contributed by atoms with Crippen LogP contribution in [0.2, 0.25) is 4.34 Å². The lowest BCUT2D eigenvalue weighted by molar-refractivity contribution is 0.0766. The molecule has 2 rings (SSSR count). The molecule has 0 bridgehead atoms. The minimum absolute atomic E-state index is 0.147. The highest BCUT2D eigenvalue weighted by molar-refractivity contribution is 7.17. The summed E-state index contributed by atoms with van der Waals surface area (Å²) in [7, 11) is 0. The van der Waals surface area contributed by atoms with E-state index >= 15 is 0 Å². The maximum atomic E-state index is 12.0. The summed E-state index contributed by atoms with van der Waals surface area (Å²) in [5.41, 5.74) is 0. The van der Waals surface area contributed by atoms with Crippen molar-refractivity contribution in [2.24, 2.45) is 0 Å². The number of likely N-dealkylation sites (tertiary alicyclic amines) is 1. The lowest BCUT2D eigenvalue weighted by Gasteiger charge is -2.19. The van der Waals surface area contributed by atoms with Crippen molar-refractivity contribution in [2.75, 3.05) is 13.1 Å². The number of hydrogen-bond donors (Lipinski definition) is 0. The Morgan fingerprint density at radius 3 is 2.40 bits per heavy atom. The fraction of sp³-hybridized carbons (Fsp3) is 0.545. The molecule has 1 aliphatic heterocycles. The summed E-state index contributed by atoms with van der Waals surface area (Å²) in [5, 5.41) is 0. The molecule has 0 atom stereocenters. The number of halogens is 1. The average molecular weight is 244 g/mol. The summed E-state index contributed by atoms with van der Waals surface area (Å²) in [5.74, 6) is 0.147. The van der Waals surface area contributed by atoms with Gasteiger partial charge in [0.2, 0.25) is 0 Å². The minimum atomic E-state index is 0.147. The SMILES string of the molecule is O=C(c1ccc(Cl)s1)N1CCCCCC1. The van der Waals surface area contributed by atoms with Crippen LogP contribution < -0.4 is 0 Å². The lowest BCUT2D eigenvalue weighted by atomic mass is 10.2. The first-order chi connectivity index (χ1) is 7.27. The van der Waals surface area contributed by atoms with Crippen LogP contribution in [0.1, 0.15) is 35.4 Å². The number of hydrogen-bond acceptors (Lipinski definition) is 2. The maximum absolute atomic E-state index is 12.0. The Morgan fingerprint density at radius 2 is 1.87 bits per heavy atom. The van der Waals surface area contributed by atoms with Gasteiger partial charge >= 0.3 is 0 Å². The molecule has 0 N–H and O–H groups in total. The van der Waals surface area contributed by atoms with Gasteiger partial charge in [-0.3, -0.25) is 4.79 Å². The van der Waals surface area contributed by atoms with E-state index in [9.17, 15) is 4.79 Å².